The molecule has 0 saturated carbocycles. The van der Waals surface area contributed by atoms with E-state index in [-0.39, 0.29) is 33.8 Å². The summed E-state index contributed by atoms with van der Waals surface area (Å²) in [6, 6.07) is 27.1. The highest BCUT2D eigenvalue weighted by Gasteiger charge is 2.32. The van der Waals surface area contributed by atoms with Gasteiger partial charge in [-0.2, -0.15) is 0 Å². The van der Waals surface area contributed by atoms with Gasteiger partial charge in [0.1, 0.15) is 17.1 Å². The summed E-state index contributed by atoms with van der Waals surface area (Å²) >= 11 is 0. The Morgan fingerprint density at radius 3 is 1.90 bits per heavy atom. The molecule has 0 bridgehead atoms. The fraction of sp³-hybridized carbons (Fsp3) is 0.0303. The number of rotatable bonds is 4. The summed E-state index contributed by atoms with van der Waals surface area (Å²) in [5.41, 5.74) is 2.06. The molecule has 1 atom stereocenters. The lowest BCUT2D eigenvalue weighted by atomic mass is 9.82. The van der Waals surface area contributed by atoms with E-state index in [1.165, 1.54) is 12.1 Å². The van der Waals surface area contributed by atoms with Gasteiger partial charge in [0.15, 0.2) is 0 Å². The van der Waals surface area contributed by atoms with E-state index in [1.54, 1.807) is 54.6 Å². The number of aromatic hydroxyl groups is 2. The summed E-state index contributed by atoms with van der Waals surface area (Å²) < 4.78 is 5.64. The fourth-order valence-corrected chi connectivity index (χ4v) is 5.50. The van der Waals surface area contributed by atoms with Gasteiger partial charge in [-0.1, -0.05) is 60.7 Å². The van der Waals surface area contributed by atoms with Crippen molar-refractivity contribution >= 4 is 49.8 Å². The Bertz CT molecular complexity index is 2240. The molecule has 3 N–H and O–H groups in total. The van der Waals surface area contributed by atoms with Gasteiger partial charge in [-0.15, -0.1) is 0 Å². The molecule has 2 aromatic heterocycles. The molecule has 7 rings (SSSR count). The Kier molecular flexibility index (Phi) is 5.43. The minimum absolute atomic E-state index is 0.0423. The largest absolute Gasteiger partial charge is 0.507 e. The second-order valence-electron chi connectivity index (χ2n) is 9.73. The molecule has 0 amide bonds. The molecule has 41 heavy (non-hydrogen) atoms. The number of carboxylic acid groups (broad SMARTS) is 1. The number of carbonyl (C=O) groups is 1. The monoisotopic (exact) mass is 540 g/mol. The quantitative estimate of drug-likeness (QED) is 0.134. The zero-order valence-electron chi connectivity index (χ0n) is 21.3. The van der Waals surface area contributed by atoms with Gasteiger partial charge in [0.2, 0.25) is 0 Å². The van der Waals surface area contributed by atoms with Crippen LogP contribution >= 0.6 is 0 Å². The number of hydrogen-bond donors (Lipinski definition) is 3. The molecule has 0 fully saturated rings. The van der Waals surface area contributed by atoms with Crippen LogP contribution in [0.4, 0.5) is 0 Å². The zero-order chi connectivity index (χ0) is 28.2. The van der Waals surface area contributed by atoms with Gasteiger partial charge in [0.25, 0.3) is 0 Å². The molecule has 1 unspecified atom stereocenters. The molecule has 0 aliphatic carbocycles. The highest BCUT2D eigenvalue weighted by atomic mass is 16.4. The minimum Gasteiger partial charge on any atom is -0.507 e. The Morgan fingerprint density at radius 2 is 1.22 bits per heavy atom. The first kappa shape index (κ1) is 24.3. The topological polar surface area (TPSA) is 134 Å². The number of aromatic carboxylic acids is 1. The zero-order valence-corrected chi connectivity index (χ0v) is 21.3. The van der Waals surface area contributed by atoms with E-state index in [1.807, 2.05) is 30.3 Å². The van der Waals surface area contributed by atoms with E-state index in [0.29, 0.717) is 43.8 Å². The average Bonchev–Trinajstić information content (AvgIpc) is 2.99. The smallest absolute Gasteiger partial charge is 0.344 e. The summed E-state index contributed by atoms with van der Waals surface area (Å²) in [6.45, 7) is 0. The number of nitrogens with zero attached hydrogens (tertiary/aromatic N) is 2. The van der Waals surface area contributed by atoms with Crippen molar-refractivity contribution in [2.45, 2.75) is 5.92 Å². The first-order chi connectivity index (χ1) is 19.9. The molecule has 0 spiro atoms. The third kappa shape index (κ3) is 3.76. The molecule has 5 aromatic carbocycles. The SMILES string of the molecule is O=C(O)c1ccc(C(c2c(O)c3ccccc3oc2=O)c2c(O)c3ccccc3c3nc4ccccc4nc23)cc1. The molecule has 0 aliphatic rings. The standard InChI is InChI=1S/C33H20N2O6/c36-30-20-8-2-1-7-19(20)28-29(35-23-11-5-4-10-22(23)34-28)26(30)25(17-13-15-18(16-14-17)32(38)39)27-31(37)21-9-3-6-12-24(21)41-33(27)40/h1-16,25,36-37H,(H,38,39). The van der Waals surface area contributed by atoms with Crippen LogP contribution in [0.1, 0.15) is 33.0 Å². The van der Waals surface area contributed by atoms with Gasteiger partial charge in [0, 0.05) is 16.3 Å². The fourth-order valence-electron chi connectivity index (χ4n) is 5.50. The van der Waals surface area contributed by atoms with E-state index in [2.05, 4.69) is 0 Å². The molecule has 7 aromatic rings. The summed E-state index contributed by atoms with van der Waals surface area (Å²) in [5.74, 6) is -2.66. The molecule has 0 saturated heterocycles. The maximum absolute atomic E-state index is 13.6. The maximum Gasteiger partial charge on any atom is 0.344 e. The van der Waals surface area contributed by atoms with Crippen LogP contribution < -0.4 is 5.63 Å². The van der Waals surface area contributed by atoms with Gasteiger partial charge in [0.05, 0.1) is 44.5 Å². The van der Waals surface area contributed by atoms with Crippen molar-refractivity contribution < 1.29 is 24.5 Å². The van der Waals surface area contributed by atoms with Crippen molar-refractivity contribution in [3.8, 4) is 11.5 Å². The van der Waals surface area contributed by atoms with E-state index in [0.717, 1.165) is 0 Å². The van der Waals surface area contributed by atoms with E-state index < -0.39 is 17.5 Å². The lowest BCUT2D eigenvalue weighted by molar-refractivity contribution is 0.0697. The van der Waals surface area contributed by atoms with Crippen LogP contribution in [-0.4, -0.2) is 31.3 Å². The third-order valence-corrected chi connectivity index (χ3v) is 7.41. The van der Waals surface area contributed by atoms with Crippen molar-refractivity contribution in [3.05, 3.63) is 130 Å². The van der Waals surface area contributed by atoms with Crippen molar-refractivity contribution in [2.75, 3.05) is 0 Å². The molecule has 8 heteroatoms. The third-order valence-electron chi connectivity index (χ3n) is 7.41. The summed E-state index contributed by atoms with van der Waals surface area (Å²) in [5, 5.41) is 34.4. The van der Waals surface area contributed by atoms with Gasteiger partial charge >= 0.3 is 11.6 Å². The van der Waals surface area contributed by atoms with Crippen LogP contribution in [0.3, 0.4) is 0 Å². The second-order valence-corrected chi connectivity index (χ2v) is 9.73. The molecule has 0 aliphatic heterocycles. The van der Waals surface area contributed by atoms with Crippen molar-refractivity contribution in [3.63, 3.8) is 0 Å². The first-order valence-electron chi connectivity index (χ1n) is 12.8. The van der Waals surface area contributed by atoms with Crippen molar-refractivity contribution in [1.29, 1.82) is 0 Å². The van der Waals surface area contributed by atoms with Crippen LogP contribution in [-0.2, 0) is 0 Å². The normalized spacial score (nSPS) is 12.3. The average molecular weight is 541 g/mol. The van der Waals surface area contributed by atoms with Crippen LogP contribution in [0.25, 0.3) is 43.8 Å². The summed E-state index contributed by atoms with van der Waals surface area (Å²) in [4.78, 5) is 35.0. The van der Waals surface area contributed by atoms with Crippen molar-refractivity contribution in [1.82, 2.24) is 9.97 Å². The van der Waals surface area contributed by atoms with Gasteiger partial charge in [-0.25, -0.2) is 19.6 Å². The van der Waals surface area contributed by atoms with Crippen LogP contribution in [0.5, 0.6) is 11.5 Å². The number of phenols is 1. The highest BCUT2D eigenvalue weighted by Crippen LogP contribution is 2.47. The van der Waals surface area contributed by atoms with E-state index in [4.69, 9.17) is 14.4 Å². The molecule has 2 heterocycles. The van der Waals surface area contributed by atoms with Crippen LogP contribution in [0.15, 0.2) is 106 Å². The number of para-hydroxylation sites is 3. The predicted octanol–water partition coefficient (Wildman–Crippen LogP) is 6.33. The number of hydrogen-bond acceptors (Lipinski definition) is 7. The summed E-state index contributed by atoms with van der Waals surface area (Å²) in [6.07, 6.45) is 0. The number of phenolic OH excluding ortho intramolecular Hbond substituents is 1. The van der Waals surface area contributed by atoms with Gasteiger partial charge in [-0.3, -0.25) is 0 Å². The first-order valence-corrected chi connectivity index (χ1v) is 12.8. The van der Waals surface area contributed by atoms with Gasteiger partial charge in [-0.05, 0) is 42.0 Å². The Labute approximate surface area is 231 Å². The van der Waals surface area contributed by atoms with E-state index >= 15 is 0 Å². The van der Waals surface area contributed by atoms with E-state index in [9.17, 15) is 24.9 Å². The number of fused-ring (bicyclic) bond motifs is 5. The van der Waals surface area contributed by atoms with Gasteiger partial charge < -0.3 is 19.7 Å². The number of benzene rings is 5. The second kappa shape index (κ2) is 9.17. The van der Waals surface area contributed by atoms with Crippen LogP contribution in [0.2, 0.25) is 0 Å². The maximum atomic E-state index is 13.6. The molecule has 0 radical (unpaired) electrons. The molecular weight excluding hydrogens is 520 g/mol. The summed E-state index contributed by atoms with van der Waals surface area (Å²) in [7, 11) is 0. The predicted molar refractivity (Wildman–Crippen MR) is 155 cm³/mol. The minimum atomic E-state index is -1.11. The number of carboxylic acids is 1. The number of aromatic nitrogens is 2. The Hall–Kier alpha value is -5.76. The van der Waals surface area contributed by atoms with Crippen molar-refractivity contribution in [2.24, 2.45) is 0 Å². The Morgan fingerprint density at radius 1 is 0.659 bits per heavy atom. The molecular formula is C33H20N2O6. The lowest BCUT2D eigenvalue weighted by Gasteiger charge is -2.23. The lowest BCUT2D eigenvalue weighted by Crippen LogP contribution is -2.17. The molecule has 198 valence electrons. The highest BCUT2D eigenvalue weighted by molar-refractivity contribution is 6.11. The Balaban J connectivity index is 1.67. The molecule has 8 nitrogen and oxygen atoms in total. The van der Waals surface area contributed by atoms with Crippen LogP contribution in [0, 0.1) is 0 Å².